The molecular weight excluding hydrogens is 376 g/mol. The molecule has 2 saturated heterocycles. The van der Waals surface area contributed by atoms with Gasteiger partial charge < -0.3 is 14.8 Å². The van der Waals surface area contributed by atoms with Crippen LogP contribution in [0.25, 0.3) is 0 Å². The number of carbonyl (C=O) groups excluding carboxylic acids is 2. The number of carbonyl (C=O) groups is 2. The summed E-state index contributed by atoms with van der Waals surface area (Å²) in [5.41, 5.74) is 2.95. The van der Waals surface area contributed by atoms with E-state index in [1.807, 2.05) is 36.9 Å². The highest BCUT2D eigenvalue weighted by Crippen LogP contribution is 2.41. The minimum absolute atomic E-state index is 0.0177. The van der Waals surface area contributed by atoms with Crippen LogP contribution in [-0.4, -0.2) is 48.3 Å². The Hall–Kier alpha value is -1.87. The molecule has 140 valence electrons. The lowest BCUT2D eigenvalue weighted by atomic mass is 10.1. The largest absolute Gasteiger partial charge is 0.550 e. The molecule has 7 nitrogen and oxygen atoms in total. The van der Waals surface area contributed by atoms with Crippen LogP contribution in [0.4, 0.5) is 5.69 Å². The number of anilines is 1. The summed E-state index contributed by atoms with van der Waals surface area (Å²) >= 11 is 1.27. The summed E-state index contributed by atoms with van der Waals surface area (Å²) in [5, 5.41) is 10.8. The molecule has 9 heteroatoms. The lowest BCUT2D eigenvalue weighted by Crippen LogP contribution is -2.37. The van der Waals surface area contributed by atoms with Gasteiger partial charge in [0.25, 0.3) is 0 Å². The molecule has 1 aromatic rings. The summed E-state index contributed by atoms with van der Waals surface area (Å²) in [6.45, 7) is 3.95. The fourth-order valence-electron chi connectivity index (χ4n) is 3.11. The van der Waals surface area contributed by atoms with E-state index in [9.17, 15) is 23.1 Å². The number of thioether (sulfide) groups is 1. The number of carboxylic acids is 1. The Kier molecular flexibility index (Phi) is 5.12. The van der Waals surface area contributed by atoms with E-state index in [2.05, 4.69) is 4.99 Å². The molecule has 0 N–H and O–H groups in total. The third-order valence-corrected chi connectivity index (χ3v) is 7.81. The molecule has 2 fully saturated rings. The Morgan fingerprint density at radius 2 is 1.96 bits per heavy atom. The average molecular weight is 395 g/mol. The standard InChI is InChI=1S/C17H20N2O5S2/c1-10-3-4-12(7-11(10)2)19-13-8-26(23,24)9-14(13)25-17(19)18-15(20)5-6-16(21)22/h3-4,7,13-14H,5-6,8-9H2,1-2H3,(H,21,22)/p-1/t13-,14+/m0/s1. The highest BCUT2D eigenvalue weighted by Gasteiger charge is 2.49. The number of carboxylic acid groups (broad SMARTS) is 1. The fourth-order valence-corrected chi connectivity index (χ4v) is 7.04. The van der Waals surface area contributed by atoms with Crippen LogP contribution in [0.1, 0.15) is 24.0 Å². The Morgan fingerprint density at radius 1 is 1.23 bits per heavy atom. The van der Waals surface area contributed by atoms with Gasteiger partial charge in [-0.3, -0.25) is 4.79 Å². The van der Waals surface area contributed by atoms with Gasteiger partial charge in [-0.15, -0.1) is 0 Å². The summed E-state index contributed by atoms with van der Waals surface area (Å²) in [6, 6.07) is 5.50. The van der Waals surface area contributed by atoms with E-state index in [0.29, 0.717) is 5.17 Å². The first kappa shape index (κ1) is 18.9. The number of sulfone groups is 1. The molecule has 0 unspecified atom stereocenters. The van der Waals surface area contributed by atoms with Gasteiger partial charge in [-0.1, -0.05) is 17.8 Å². The minimum atomic E-state index is -3.13. The number of rotatable bonds is 4. The number of fused-ring (bicyclic) bond motifs is 1. The highest BCUT2D eigenvalue weighted by molar-refractivity contribution is 8.16. The molecule has 0 aliphatic carbocycles. The van der Waals surface area contributed by atoms with Gasteiger partial charge in [-0.2, -0.15) is 4.99 Å². The molecule has 0 spiro atoms. The first-order valence-electron chi connectivity index (χ1n) is 8.21. The van der Waals surface area contributed by atoms with Crippen molar-refractivity contribution in [2.24, 2.45) is 4.99 Å². The van der Waals surface area contributed by atoms with Crippen LogP contribution in [0, 0.1) is 13.8 Å². The number of hydrogen-bond acceptors (Lipinski definition) is 6. The molecule has 0 saturated carbocycles. The lowest BCUT2D eigenvalue weighted by molar-refractivity contribution is -0.305. The predicted octanol–water partition coefficient (Wildman–Crippen LogP) is 0.435. The summed E-state index contributed by atoms with van der Waals surface area (Å²) in [7, 11) is -3.13. The van der Waals surface area contributed by atoms with Crippen LogP contribution in [0.15, 0.2) is 23.2 Å². The number of amidine groups is 1. The molecule has 26 heavy (non-hydrogen) atoms. The molecule has 3 rings (SSSR count). The topological polar surface area (TPSA) is 107 Å². The number of aryl methyl sites for hydroxylation is 2. The first-order chi connectivity index (χ1) is 12.2. The summed E-state index contributed by atoms with van der Waals surface area (Å²) in [4.78, 5) is 28.4. The zero-order valence-corrected chi connectivity index (χ0v) is 16.1. The lowest BCUT2D eigenvalue weighted by Gasteiger charge is -2.25. The highest BCUT2D eigenvalue weighted by atomic mass is 32.2. The van der Waals surface area contributed by atoms with Crippen molar-refractivity contribution in [3.05, 3.63) is 29.3 Å². The van der Waals surface area contributed by atoms with Crippen molar-refractivity contribution in [1.29, 1.82) is 0 Å². The van der Waals surface area contributed by atoms with Crippen molar-refractivity contribution >= 4 is 44.3 Å². The zero-order valence-electron chi connectivity index (χ0n) is 14.5. The zero-order chi connectivity index (χ0) is 19.1. The first-order valence-corrected chi connectivity index (χ1v) is 10.9. The van der Waals surface area contributed by atoms with Gasteiger partial charge in [0.05, 0.1) is 17.5 Å². The van der Waals surface area contributed by atoms with Crippen LogP contribution in [0.5, 0.6) is 0 Å². The summed E-state index contributed by atoms with van der Waals surface area (Å²) in [6.07, 6.45) is -0.619. The minimum Gasteiger partial charge on any atom is -0.550 e. The smallest absolute Gasteiger partial charge is 0.248 e. The third-order valence-electron chi connectivity index (χ3n) is 4.60. The van der Waals surface area contributed by atoms with Crippen molar-refractivity contribution in [3.8, 4) is 0 Å². The number of hydrogen-bond donors (Lipinski definition) is 0. The van der Waals surface area contributed by atoms with Crippen LogP contribution in [0.3, 0.4) is 0 Å². The van der Waals surface area contributed by atoms with Gasteiger partial charge in [-0.05, 0) is 43.5 Å². The van der Waals surface area contributed by atoms with E-state index in [0.717, 1.165) is 16.8 Å². The third kappa shape index (κ3) is 3.93. The second kappa shape index (κ2) is 7.03. The normalized spacial score (nSPS) is 25.5. The van der Waals surface area contributed by atoms with Crippen molar-refractivity contribution in [2.45, 2.75) is 38.0 Å². The Balaban J connectivity index is 1.94. The monoisotopic (exact) mass is 395 g/mol. The molecule has 2 aliphatic heterocycles. The van der Waals surface area contributed by atoms with Gasteiger partial charge in [-0.25, -0.2) is 8.42 Å². The van der Waals surface area contributed by atoms with E-state index >= 15 is 0 Å². The number of aliphatic carboxylic acids is 1. The predicted molar refractivity (Wildman–Crippen MR) is 98.9 cm³/mol. The van der Waals surface area contributed by atoms with E-state index in [1.165, 1.54) is 11.8 Å². The van der Waals surface area contributed by atoms with E-state index in [1.54, 1.807) is 0 Å². The molecular formula is C17H19N2O5S2-. The maximum atomic E-state index is 12.0. The van der Waals surface area contributed by atoms with Crippen molar-refractivity contribution in [3.63, 3.8) is 0 Å². The van der Waals surface area contributed by atoms with Crippen molar-refractivity contribution < 1.29 is 23.1 Å². The molecule has 0 aromatic heterocycles. The number of nitrogens with zero attached hydrogens (tertiary/aromatic N) is 2. The van der Waals surface area contributed by atoms with Crippen LogP contribution < -0.4 is 10.0 Å². The van der Waals surface area contributed by atoms with Crippen LogP contribution in [-0.2, 0) is 19.4 Å². The van der Waals surface area contributed by atoms with Gasteiger partial charge in [0.2, 0.25) is 5.91 Å². The molecule has 1 amide bonds. The molecule has 2 heterocycles. The Labute approximate surface area is 156 Å². The SMILES string of the molecule is Cc1ccc(N2C(=NC(=O)CCC(=O)[O-])S[C@@H]3CS(=O)(=O)C[C@@H]32)cc1C. The van der Waals surface area contributed by atoms with E-state index in [-0.39, 0.29) is 35.6 Å². The molecule has 1 aromatic carbocycles. The van der Waals surface area contributed by atoms with E-state index < -0.39 is 21.7 Å². The number of benzene rings is 1. The molecule has 0 bridgehead atoms. The van der Waals surface area contributed by atoms with Gasteiger partial charge in [0.15, 0.2) is 15.0 Å². The van der Waals surface area contributed by atoms with Crippen molar-refractivity contribution in [2.75, 3.05) is 16.4 Å². The Morgan fingerprint density at radius 3 is 2.62 bits per heavy atom. The van der Waals surface area contributed by atoms with Gasteiger partial charge in [0.1, 0.15) is 0 Å². The maximum Gasteiger partial charge on any atom is 0.248 e. The molecule has 2 atom stereocenters. The summed E-state index contributed by atoms with van der Waals surface area (Å²) < 4.78 is 24.1. The van der Waals surface area contributed by atoms with Crippen molar-refractivity contribution in [1.82, 2.24) is 0 Å². The fraction of sp³-hybridized carbons (Fsp3) is 0.471. The maximum absolute atomic E-state index is 12.0. The second-order valence-corrected chi connectivity index (χ2v) is 9.96. The van der Waals surface area contributed by atoms with Gasteiger partial charge in [0, 0.05) is 23.3 Å². The summed E-state index contributed by atoms with van der Waals surface area (Å²) in [5.74, 6) is -1.78. The Bertz CT molecular complexity index is 894. The number of amides is 1. The molecule has 0 radical (unpaired) electrons. The van der Waals surface area contributed by atoms with Crippen LogP contribution >= 0.6 is 11.8 Å². The number of aliphatic imine (C=N–C) groups is 1. The van der Waals surface area contributed by atoms with Crippen LogP contribution in [0.2, 0.25) is 0 Å². The van der Waals surface area contributed by atoms with Gasteiger partial charge >= 0.3 is 0 Å². The quantitative estimate of drug-likeness (QED) is 0.728. The second-order valence-electron chi connectivity index (χ2n) is 6.60. The van der Waals surface area contributed by atoms with E-state index in [4.69, 9.17) is 0 Å². The molecule has 2 aliphatic rings. The average Bonchev–Trinajstić information content (AvgIpc) is 2.99.